The minimum atomic E-state index is -3.96. The molecule has 0 unspecified atom stereocenters. The highest BCUT2D eigenvalue weighted by molar-refractivity contribution is 7.89. The minimum Gasteiger partial charge on any atom is -0.480 e. The highest BCUT2D eigenvalue weighted by Crippen LogP contribution is 2.15. The Morgan fingerprint density at radius 1 is 0.846 bits per heavy atom. The van der Waals surface area contributed by atoms with Crippen molar-refractivity contribution in [3.05, 3.63) is 59.7 Å². The predicted molar refractivity (Wildman–Crippen MR) is 90.6 cm³/mol. The molecule has 0 atom stereocenters. The van der Waals surface area contributed by atoms with Gasteiger partial charge in [-0.1, -0.05) is 0 Å². The summed E-state index contributed by atoms with van der Waals surface area (Å²) in [6.45, 7) is -0.743. The van der Waals surface area contributed by atoms with Gasteiger partial charge in [0.2, 0.25) is 10.0 Å². The quantitative estimate of drug-likeness (QED) is 0.561. The van der Waals surface area contributed by atoms with Gasteiger partial charge in [0.25, 0.3) is 5.91 Å². The largest absolute Gasteiger partial charge is 0.480 e. The molecule has 2 rings (SSSR count). The zero-order valence-corrected chi connectivity index (χ0v) is 14.0. The number of carbonyl (C=O) groups is 3. The van der Waals surface area contributed by atoms with Crippen molar-refractivity contribution in [2.24, 2.45) is 0 Å². The number of anilines is 1. The molecular weight excluding hydrogens is 364 g/mol. The van der Waals surface area contributed by atoms with Crippen molar-refractivity contribution in [2.75, 3.05) is 11.9 Å². The van der Waals surface area contributed by atoms with Crippen LogP contribution in [0.5, 0.6) is 0 Å². The van der Waals surface area contributed by atoms with Crippen molar-refractivity contribution >= 4 is 33.6 Å². The topological polar surface area (TPSA) is 150 Å². The standard InChI is InChI=1S/C16H14N2O7S/c19-14(20)9-17-26(24,25)13-7-5-12(6-8-13)18-15(21)10-1-3-11(4-2-10)16(22)23/h1-8,17H,9H2,(H,18,21)(H,19,20)(H,22,23). The lowest BCUT2D eigenvalue weighted by Crippen LogP contribution is -2.29. The molecule has 0 aliphatic carbocycles. The number of hydrogen-bond acceptors (Lipinski definition) is 5. The molecule has 9 nitrogen and oxygen atoms in total. The molecule has 2 aromatic carbocycles. The van der Waals surface area contributed by atoms with Crippen molar-refractivity contribution in [1.82, 2.24) is 4.72 Å². The predicted octanol–water partition coefficient (Wildman–Crippen LogP) is 1.000. The summed E-state index contributed by atoms with van der Waals surface area (Å²) in [5.74, 6) is -2.92. The van der Waals surface area contributed by atoms with E-state index in [4.69, 9.17) is 10.2 Å². The van der Waals surface area contributed by atoms with Gasteiger partial charge < -0.3 is 15.5 Å². The Hall–Kier alpha value is -3.24. The first-order valence-electron chi connectivity index (χ1n) is 7.15. The van der Waals surface area contributed by atoms with Crippen molar-refractivity contribution in [1.29, 1.82) is 0 Å². The lowest BCUT2D eigenvalue weighted by atomic mass is 10.1. The normalized spacial score (nSPS) is 10.9. The van der Waals surface area contributed by atoms with Gasteiger partial charge in [-0.2, -0.15) is 4.72 Å². The molecular formula is C16H14N2O7S. The second-order valence-electron chi connectivity index (χ2n) is 5.08. The van der Waals surface area contributed by atoms with Crippen molar-refractivity contribution in [3.8, 4) is 0 Å². The number of aliphatic carboxylic acids is 1. The summed E-state index contributed by atoms with van der Waals surface area (Å²) in [7, 11) is -3.96. The van der Waals surface area contributed by atoms with E-state index in [2.05, 4.69) is 5.32 Å². The molecule has 0 spiro atoms. The fourth-order valence-electron chi connectivity index (χ4n) is 1.92. The van der Waals surface area contributed by atoms with Gasteiger partial charge in [-0.05, 0) is 48.5 Å². The van der Waals surface area contributed by atoms with Gasteiger partial charge >= 0.3 is 11.9 Å². The molecule has 1 amide bonds. The lowest BCUT2D eigenvalue weighted by Gasteiger charge is -2.08. The zero-order chi connectivity index (χ0) is 19.3. The van der Waals surface area contributed by atoms with Gasteiger partial charge in [-0.3, -0.25) is 9.59 Å². The van der Waals surface area contributed by atoms with E-state index in [0.29, 0.717) is 5.69 Å². The summed E-state index contributed by atoms with van der Waals surface area (Å²) in [6, 6.07) is 10.4. The Labute approximate surface area is 148 Å². The molecule has 0 saturated heterocycles. The maximum absolute atomic E-state index is 12.1. The van der Waals surface area contributed by atoms with E-state index >= 15 is 0 Å². The fraction of sp³-hybridized carbons (Fsp3) is 0.0625. The van der Waals surface area contributed by atoms with Gasteiger partial charge in [-0.25, -0.2) is 13.2 Å². The molecule has 0 aliphatic rings. The molecule has 4 N–H and O–H groups in total. The number of carboxylic acid groups (broad SMARTS) is 2. The Kier molecular flexibility index (Phi) is 5.70. The van der Waals surface area contributed by atoms with Gasteiger partial charge in [-0.15, -0.1) is 0 Å². The number of carboxylic acids is 2. The SMILES string of the molecule is O=C(O)CNS(=O)(=O)c1ccc(NC(=O)c2ccc(C(=O)O)cc2)cc1. The molecule has 10 heteroatoms. The van der Waals surface area contributed by atoms with Gasteiger partial charge in [0.05, 0.1) is 10.5 Å². The third kappa shape index (κ3) is 4.88. The molecule has 26 heavy (non-hydrogen) atoms. The zero-order valence-electron chi connectivity index (χ0n) is 13.2. The average Bonchev–Trinajstić information content (AvgIpc) is 2.60. The second kappa shape index (κ2) is 7.76. The van der Waals surface area contributed by atoms with Crippen LogP contribution in [0.3, 0.4) is 0 Å². The number of nitrogens with one attached hydrogen (secondary N) is 2. The molecule has 0 fully saturated rings. The lowest BCUT2D eigenvalue weighted by molar-refractivity contribution is -0.135. The van der Waals surface area contributed by atoms with Crippen LogP contribution in [0.1, 0.15) is 20.7 Å². The van der Waals surface area contributed by atoms with Crippen molar-refractivity contribution in [3.63, 3.8) is 0 Å². The van der Waals surface area contributed by atoms with Crippen LogP contribution in [0, 0.1) is 0 Å². The first-order chi connectivity index (χ1) is 12.2. The molecule has 0 aromatic heterocycles. The summed E-state index contributed by atoms with van der Waals surface area (Å²) in [4.78, 5) is 33.2. The summed E-state index contributed by atoms with van der Waals surface area (Å²) in [5.41, 5.74) is 0.592. The number of sulfonamides is 1. The molecule has 0 heterocycles. The summed E-state index contributed by atoms with van der Waals surface area (Å²) >= 11 is 0. The number of aromatic carboxylic acids is 1. The smallest absolute Gasteiger partial charge is 0.335 e. The van der Waals surface area contributed by atoms with Crippen LogP contribution in [-0.4, -0.2) is 43.0 Å². The Bertz CT molecular complexity index is 936. The van der Waals surface area contributed by atoms with Gasteiger partial charge in [0.1, 0.15) is 6.54 Å². The first kappa shape index (κ1) is 19.1. The number of amides is 1. The van der Waals surface area contributed by atoms with E-state index in [1.807, 2.05) is 4.72 Å². The Morgan fingerprint density at radius 2 is 1.38 bits per heavy atom. The molecule has 0 aliphatic heterocycles. The summed E-state index contributed by atoms with van der Waals surface area (Å²) in [5, 5.41) is 19.9. The van der Waals surface area contributed by atoms with E-state index in [9.17, 15) is 22.8 Å². The van der Waals surface area contributed by atoms with Crippen LogP contribution in [-0.2, 0) is 14.8 Å². The molecule has 0 saturated carbocycles. The summed E-state index contributed by atoms with van der Waals surface area (Å²) in [6.07, 6.45) is 0. The Balaban J connectivity index is 2.07. The Morgan fingerprint density at radius 3 is 1.88 bits per heavy atom. The van der Waals surface area contributed by atoms with Gasteiger partial charge in [0.15, 0.2) is 0 Å². The minimum absolute atomic E-state index is 0.0463. The highest BCUT2D eigenvalue weighted by atomic mass is 32.2. The van der Waals surface area contributed by atoms with Crippen LogP contribution < -0.4 is 10.0 Å². The second-order valence-corrected chi connectivity index (χ2v) is 6.85. The maximum Gasteiger partial charge on any atom is 0.335 e. The van der Waals surface area contributed by atoms with Crippen LogP contribution >= 0.6 is 0 Å². The van der Waals surface area contributed by atoms with Gasteiger partial charge in [0, 0.05) is 11.3 Å². The third-order valence-corrected chi connectivity index (χ3v) is 4.65. The number of hydrogen-bond donors (Lipinski definition) is 4. The summed E-state index contributed by atoms with van der Waals surface area (Å²) < 4.78 is 25.7. The van der Waals surface area contributed by atoms with Crippen LogP contribution in [0.2, 0.25) is 0 Å². The average molecular weight is 378 g/mol. The highest BCUT2D eigenvalue weighted by Gasteiger charge is 2.15. The molecule has 2 aromatic rings. The van der Waals surface area contributed by atoms with Crippen LogP contribution in [0.25, 0.3) is 0 Å². The number of rotatable bonds is 7. The number of benzene rings is 2. The van der Waals surface area contributed by atoms with Crippen LogP contribution in [0.15, 0.2) is 53.4 Å². The van der Waals surface area contributed by atoms with E-state index in [1.165, 1.54) is 48.5 Å². The van der Waals surface area contributed by atoms with E-state index in [1.54, 1.807) is 0 Å². The molecule has 0 radical (unpaired) electrons. The van der Waals surface area contributed by atoms with E-state index < -0.39 is 34.4 Å². The molecule has 136 valence electrons. The van der Waals surface area contributed by atoms with E-state index in [0.717, 1.165) is 0 Å². The van der Waals surface area contributed by atoms with E-state index in [-0.39, 0.29) is 16.0 Å². The monoisotopic (exact) mass is 378 g/mol. The van der Waals surface area contributed by atoms with Crippen molar-refractivity contribution in [2.45, 2.75) is 4.90 Å². The third-order valence-electron chi connectivity index (χ3n) is 3.23. The van der Waals surface area contributed by atoms with Crippen molar-refractivity contribution < 1.29 is 33.0 Å². The fourth-order valence-corrected chi connectivity index (χ4v) is 2.90. The number of carbonyl (C=O) groups excluding carboxylic acids is 1. The first-order valence-corrected chi connectivity index (χ1v) is 8.63. The molecule has 0 bridgehead atoms. The maximum atomic E-state index is 12.1. The van der Waals surface area contributed by atoms with Crippen LogP contribution in [0.4, 0.5) is 5.69 Å².